The predicted molar refractivity (Wildman–Crippen MR) is 100 cm³/mol. The first-order valence-electron chi connectivity index (χ1n) is 7.61. The van der Waals surface area contributed by atoms with Gasteiger partial charge in [-0.05, 0) is 43.7 Å². The van der Waals surface area contributed by atoms with Crippen LogP contribution < -0.4 is 16.4 Å². The van der Waals surface area contributed by atoms with E-state index in [0.717, 1.165) is 11.3 Å². The minimum absolute atomic E-state index is 0.0197. The lowest BCUT2D eigenvalue weighted by atomic mass is 10.1. The van der Waals surface area contributed by atoms with E-state index in [1.807, 2.05) is 26.0 Å². The summed E-state index contributed by atoms with van der Waals surface area (Å²) >= 11 is 5.80. The average molecular weight is 358 g/mol. The van der Waals surface area contributed by atoms with Crippen molar-refractivity contribution in [3.63, 3.8) is 0 Å². The molecular formula is C18H17ClFN5. The molecule has 0 atom stereocenters. The molecular weight excluding hydrogens is 341 g/mol. The van der Waals surface area contributed by atoms with Gasteiger partial charge in [-0.1, -0.05) is 29.3 Å². The van der Waals surface area contributed by atoms with Gasteiger partial charge < -0.3 is 16.4 Å². The number of nitrogens with zero attached hydrogens (tertiary/aromatic N) is 2. The zero-order valence-electron chi connectivity index (χ0n) is 13.8. The Morgan fingerprint density at radius 3 is 2.40 bits per heavy atom. The highest BCUT2D eigenvalue weighted by Gasteiger charge is 2.10. The summed E-state index contributed by atoms with van der Waals surface area (Å²) in [6.07, 6.45) is 1.40. The SMILES string of the molecule is Cc1ccc(Nc2ncnc(Nc3ccc(F)c(Cl)c3)c2N)c(C)c1. The molecule has 1 heterocycles. The molecule has 0 aliphatic carbocycles. The highest BCUT2D eigenvalue weighted by Crippen LogP contribution is 2.30. The predicted octanol–water partition coefficient (Wildman–Crippen LogP) is 4.96. The number of halogens is 2. The molecule has 3 aromatic rings. The topological polar surface area (TPSA) is 75.9 Å². The van der Waals surface area contributed by atoms with Crippen molar-refractivity contribution in [1.82, 2.24) is 9.97 Å². The van der Waals surface area contributed by atoms with E-state index in [4.69, 9.17) is 17.3 Å². The van der Waals surface area contributed by atoms with Crippen LogP contribution in [0, 0.1) is 19.7 Å². The maximum atomic E-state index is 13.3. The highest BCUT2D eigenvalue weighted by molar-refractivity contribution is 6.31. The molecule has 4 N–H and O–H groups in total. The molecule has 0 amide bonds. The second-order valence-electron chi connectivity index (χ2n) is 5.68. The maximum absolute atomic E-state index is 13.3. The summed E-state index contributed by atoms with van der Waals surface area (Å²) in [5.41, 5.74) is 10.3. The van der Waals surface area contributed by atoms with Gasteiger partial charge in [-0.25, -0.2) is 14.4 Å². The molecule has 0 bridgehead atoms. The smallest absolute Gasteiger partial charge is 0.159 e. The molecule has 3 rings (SSSR count). The summed E-state index contributed by atoms with van der Waals surface area (Å²) in [4.78, 5) is 8.34. The number of aromatic nitrogens is 2. The number of benzene rings is 2. The highest BCUT2D eigenvalue weighted by atomic mass is 35.5. The van der Waals surface area contributed by atoms with Crippen LogP contribution >= 0.6 is 11.6 Å². The number of nitrogens with one attached hydrogen (secondary N) is 2. The quantitative estimate of drug-likeness (QED) is 0.615. The first kappa shape index (κ1) is 17.0. The summed E-state index contributed by atoms with van der Waals surface area (Å²) < 4.78 is 13.3. The molecule has 7 heteroatoms. The van der Waals surface area contributed by atoms with E-state index in [9.17, 15) is 4.39 Å². The molecule has 5 nitrogen and oxygen atoms in total. The van der Waals surface area contributed by atoms with Gasteiger partial charge in [-0.3, -0.25) is 0 Å². The Morgan fingerprint density at radius 1 is 1.00 bits per heavy atom. The molecule has 25 heavy (non-hydrogen) atoms. The van der Waals surface area contributed by atoms with Crippen LogP contribution in [0.15, 0.2) is 42.7 Å². The van der Waals surface area contributed by atoms with Crippen molar-refractivity contribution >= 4 is 40.3 Å². The molecule has 0 unspecified atom stereocenters. The van der Waals surface area contributed by atoms with Gasteiger partial charge in [-0.2, -0.15) is 0 Å². The molecule has 0 fully saturated rings. The Hall–Kier alpha value is -2.86. The van der Waals surface area contributed by atoms with E-state index < -0.39 is 5.82 Å². The summed E-state index contributed by atoms with van der Waals surface area (Å²) in [5.74, 6) is 0.405. The van der Waals surface area contributed by atoms with Crippen molar-refractivity contribution < 1.29 is 4.39 Å². The van der Waals surface area contributed by atoms with Crippen LogP contribution in [0.4, 0.5) is 33.1 Å². The van der Waals surface area contributed by atoms with Crippen molar-refractivity contribution in [3.05, 3.63) is 64.7 Å². The normalized spacial score (nSPS) is 10.6. The third-order valence-corrected chi connectivity index (χ3v) is 3.99. The van der Waals surface area contributed by atoms with Crippen molar-refractivity contribution in [3.8, 4) is 0 Å². The number of hydrogen-bond donors (Lipinski definition) is 3. The van der Waals surface area contributed by atoms with Crippen LogP contribution in [-0.4, -0.2) is 9.97 Å². The van der Waals surface area contributed by atoms with Crippen LogP contribution in [0.2, 0.25) is 5.02 Å². The second-order valence-corrected chi connectivity index (χ2v) is 6.09. The standard InChI is InChI=1S/C18H17ClFN5/c1-10-3-6-15(11(2)7-10)25-18-16(21)17(22-9-23-18)24-12-4-5-14(20)13(19)8-12/h3-9H,21H2,1-2H3,(H2,22,23,24,25). The zero-order valence-corrected chi connectivity index (χ0v) is 14.5. The van der Waals surface area contributed by atoms with Crippen LogP contribution in [0.1, 0.15) is 11.1 Å². The van der Waals surface area contributed by atoms with Gasteiger partial charge in [0, 0.05) is 11.4 Å². The van der Waals surface area contributed by atoms with Crippen LogP contribution in [-0.2, 0) is 0 Å². The van der Waals surface area contributed by atoms with E-state index in [2.05, 4.69) is 26.7 Å². The van der Waals surface area contributed by atoms with Crippen LogP contribution in [0.25, 0.3) is 0 Å². The zero-order chi connectivity index (χ0) is 18.0. The first-order valence-corrected chi connectivity index (χ1v) is 7.98. The summed E-state index contributed by atoms with van der Waals surface area (Å²) in [6.45, 7) is 4.04. The largest absolute Gasteiger partial charge is 0.393 e. The maximum Gasteiger partial charge on any atom is 0.159 e. The first-order chi connectivity index (χ1) is 11.9. The van der Waals surface area contributed by atoms with E-state index in [1.165, 1.54) is 24.0 Å². The molecule has 0 aliphatic rings. The van der Waals surface area contributed by atoms with Crippen molar-refractivity contribution in [1.29, 1.82) is 0 Å². The van der Waals surface area contributed by atoms with Gasteiger partial charge in [0.1, 0.15) is 17.8 Å². The van der Waals surface area contributed by atoms with E-state index in [0.29, 0.717) is 23.0 Å². The van der Waals surface area contributed by atoms with Crippen LogP contribution in [0.5, 0.6) is 0 Å². The number of rotatable bonds is 4. The third-order valence-electron chi connectivity index (χ3n) is 3.70. The number of hydrogen-bond acceptors (Lipinski definition) is 5. The molecule has 0 radical (unpaired) electrons. The van der Waals surface area contributed by atoms with Crippen LogP contribution in [0.3, 0.4) is 0 Å². The van der Waals surface area contributed by atoms with Gasteiger partial charge in [0.15, 0.2) is 11.6 Å². The molecule has 0 spiro atoms. The Labute approximate surface area is 150 Å². The number of nitrogen functional groups attached to an aromatic ring is 1. The lowest BCUT2D eigenvalue weighted by Crippen LogP contribution is -2.06. The minimum Gasteiger partial charge on any atom is -0.393 e. The molecule has 128 valence electrons. The Balaban J connectivity index is 1.87. The molecule has 0 saturated carbocycles. The van der Waals surface area contributed by atoms with Crippen molar-refractivity contribution in [2.45, 2.75) is 13.8 Å². The van der Waals surface area contributed by atoms with Gasteiger partial charge in [-0.15, -0.1) is 0 Å². The molecule has 0 saturated heterocycles. The Bertz CT molecular complexity index is 929. The van der Waals surface area contributed by atoms with E-state index >= 15 is 0 Å². The minimum atomic E-state index is -0.486. The fraction of sp³-hybridized carbons (Fsp3) is 0.111. The van der Waals surface area contributed by atoms with E-state index in [1.54, 1.807) is 6.07 Å². The molecule has 0 aliphatic heterocycles. The fourth-order valence-electron chi connectivity index (χ4n) is 2.39. The summed E-state index contributed by atoms with van der Waals surface area (Å²) in [7, 11) is 0. The van der Waals surface area contributed by atoms with Gasteiger partial charge in [0.05, 0.1) is 5.02 Å². The molecule has 2 aromatic carbocycles. The monoisotopic (exact) mass is 357 g/mol. The number of nitrogens with two attached hydrogens (primary N) is 1. The summed E-state index contributed by atoms with van der Waals surface area (Å²) in [6, 6.07) is 10.3. The van der Waals surface area contributed by atoms with Gasteiger partial charge in [0.2, 0.25) is 0 Å². The van der Waals surface area contributed by atoms with Crippen molar-refractivity contribution in [2.75, 3.05) is 16.4 Å². The average Bonchev–Trinajstić information content (AvgIpc) is 2.57. The van der Waals surface area contributed by atoms with Gasteiger partial charge >= 0.3 is 0 Å². The number of aryl methyl sites for hydroxylation is 2. The fourth-order valence-corrected chi connectivity index (χ4v) is 2.57. The Kier molecular flexibility index (Phi) is 4.72. The number of anilines is 5. The van der Waals surface area contributed by atoms with Gasteiger partial charge in [0.25, 0.3) is 0 Å². The lowest BCUT2D eigenvalue weighted by molar-refractivity contribution is 0.628. The third kappa shape index (κ3) is 3.80. The second kappa shape index (κ2) is 6.94. The summed E-state index contributed by atoms with van der Waals surface area (Å²) in [5, 5.41) is 6.25. The molecule has 1 aromatic heterocycles. The lowest BCUT2D eigenvalue weighted by Gasteiger charge is -2.14. The van der Waals surface area contributed by atoms with Crippen molar-refractivity contribution in [2.24, 2.45) is 0 Å². The Morgan fingerprint density at radius 2 is 1.72 bits per heavy atom. The van der Waals surface area contributed by atoms with E-state index in [-0.39, 0.29) is 5.02 Å².